The van der Waals surface area contributed by atoms with Crippen LogP contribution in [-0.4, -0.2) is 38.8 Å². The minimum atomic E-state index is -5.82. The molecule has 14 heteroatoms. The summed E-state index contributed by atoms with van der Waals surface area (Å²) >= 11 is 0. The summed E-state index contributed by atoms with van der Waals surface area (Å²) in [6, 6.07) is 53.5. The van der Waals surface area contributed by atoms with Crippen LogP contribution in [-0.2, 0) is 5.41 Å². The molecule has 0 fully saturated rings. The third-order valence-electron chi connectivity index (χ3n) is 17.5. The van der Waals surface area contributed by atoms with Gasteiger partial charge in [-0.3, -0.25) is 0 Å². The van der Waals surface area contributed by atoms with E-state index in [0.29, 0.717) is 37.9 Å². The van der Waals surface area contributed by atoms with E-state index in [-0.39, 0.29) is 11.5 Å². The molecule has 8 nitrogen and oxygen atoms in total. The van der Waals surface area contributed by atoms with Crippen molar-refractivity contribution in [2.24, 2.45) is 0 Å². The Kier molecular flexibility index (Phi) is 30.1. The molecule has 0 amide bonds. The highest BCUT2D eigenvalue weighted by atomic mass is 19.4. The van der Waals surface area contributed by atoms with Crippen LogP contribution in [0.5, 0.6) is 46.0 Å². The summed E-state index contributed by atoms with van der Waals surface area (Å²) in [6.45, 7) is 11.4. The third-order valence-corrected chi connectivity index (χ3v) is 17.5. The van der Waals surface area contributed by atoms with Crippen LogP contribution in [0.2, 0.25) is 0 Å². The quantitative estimate of drug-likeness (QED) is 0.0277. The van der Waals surface area contributed by atoms with Crippen molar-refractivity contribution < 1.29 is 54.8 Å². The Bertz CT molecular complexity index is 3080. The van der Waals surface area contributed by atoms with Crippen molar-refractivity contribution in [2.75, 3.05) is 36.2 Å². The van der Waals surface area contributed by atoms with E-state index in [2.05, 4.69) is 37.5 Å². The monoisotopic (exact) mass is 1330 g/mol. The van der Waals surface area contributed by atoms with Crippen molar-refractivity contribution in [3.05, 3.63) is 205 Å². The van der Waals surface area contributed by atoms with Gasteiger partial charge in [0.05, 0.1) is 26.4 Å². The van der Waals surface area contributed by atoms with Gasteiger partial charge in [0.25, 0.3) is 0 Å². The molecule has 0 aliphatic carbocycles. The van der Waals surface area contributed by atoms with Gasteiger partial charge in [0.1, 0.15) is 46.0 Å². The van der Waals surface area contributed by atoms with E-state index in [1.165, 1.54) is 103 Å². The number of ether oxygens (including phenoxy) is 6. The normalized spacial score (nSPS) is 11.7. The first-order chi connectivity index (χ1) is 47.2. The molecular formula is C83H100F6N2O6. The number of benzene rings is 8. The Balaban J connectivity index is 0.957. The minimum absolute atomic E-state index is 0.0424. The molecule has 0 aliphatic heterocycles. The van der Waals surface area contributed by atoms with Crippen LogP contribution < -0.4 is 38.2 Å². The number of anilines is 6. The Morgan fingerprint density at radius 3 is 0.598 bits per heavy atom. The van der Waals surface area contributed by atoms with Crippen LogP contribution in [0.25, 0.3) is 0 Å². The zero-order valence-corrected chi connectivity index (χ0v) is 57.4. The first-order valence-corrected chi connectivity index (χ1v) is 35.7. The van der Waals surface area contributed by atoms with E-state index in [0.717, 1.165) is 157 Å². The van der Waals surface area contributed by atoms with Crippen LogP contribution in [0.3, 0.4) is 0 Å². The molecule has 97 heavy (non-hydrogen) atoms. The summed E-state index contributed by atoms with van der Waals surface area (Å²) in [7, 11) is 0. The van der Waals surface area contributed by atoms with E-state index in [4.69, 9.17) is 28.4 Å². The number of halogens is 6. The fourth-order valence-electron chi connectivity index (χ4n) is 12.1. The average molecular weight is 1340 g/mol. The molecule has 0 aliphatic rings. The lowest BCUT2D eigenvalue weighted by Crippen LogP contribution is -2.54. The van der Waals surface area contributed by atoms with E-state index < -0.39 is 28.9 Å². The number of hydrogen-bond acceptors (Lipinski definition) is 8. The Morgan fingerprint density at radius 2 is 0.402 bits per heavy atom. The van der Waals surface area contributed by atoms with Gasteiger partial charge in [-0.15, -0.1) is 0 Å². The molecule has 8 rings (SSSR count). The van der Waals surface area contributed by atoms with Gasteiger partial charge in [-0.1, -0.05) is 180 Å². The van der Waals surface area contributed by atoms with Gasteiger partial charge >= 0.3 is 12.4 Å². The standard InChI is InChI=1S/C83H100F6N2O6/c1-5-9-13-17-21-25-61-92-73-49-33-67(34-50-73)90(68-35-51-74(52-36-68)93-62-26-22-18-14-10-6-2)71-41-57-79(58-42-71)96-77-45-29-65(30-46-77)81(82(84,85)86,83(87,88)89)66-31-47-78(48-32-66)97-80-59-43-72(44-60-80)91(69-37-53-75(54-38-69)94-63-27-23-19-15-11-7-3)70-39-55-76(56-40-70)95-64-28-24-20-16-12-8-4/h29-60H,5-28,61-64H2,1-4H3. The second kappa shape index (κ2) is 39.2. The van der Waals surface area contributed by atoms with Crippen LogP contribution in [0, 0.1) is 0 Å². The smallest absolute Gasteiger partial charge is 0.411 e. The molecule has 0 radical (unpaired) electrons. The van der Waals surface area contributed by atoms with Gasteiger partial charge in [-0.25, -0.2) is 0 Å². The van der Waals surface area contributed by atoms with Gasteiger partial charge in [0.15, 0.2) is 0 Å². The molecule has 0 aromatic heterocycles. The number of unbranched alkanes of at least 4 members (excludes halogenated alkanes) is 20. The van der Waals surface area contributed by atoms with Crippen molar-refractivity contribution in [1.29, 1.82) is 0 Å². The molecule has 520 valence electrons. The second-order valence-electron chi connectivity index (χ2n) is 25.1. The largest absolute Gasteiger partial charge is 0.494 e. The number of rotatable bonds is 44. The van der Waals surface area contributed by atoms with Crippen molar-refractivity contribution >= 4 is 34.1 Å². The van der Waals surface area contributed by atoms with Crippen LogP contribution >= 0.6 is 0 Å². The maximum Gasteiger partial charge on any atom is 0.411 e. The predicted molar refractivity (Wildman–Crippen MR) is 384 cm³/mol. The Hall–Kier alpha value is -8.26. The molecule has 0 saturated carbocycles. The molecule has 0 spiro atoms. The maximum atomic E-state index is 15.5. The summed E-state index contributed by atoms with van der Waals surface area (Å²) in [6.07, 6.45) is 16.3. The van der Waals surface area contributed by atoms with Crippen molar-refractivity contribution in [3.63, 3.8) is 0 Å². The van der Waals surface area contributed by atoms with Crippen LogP contribution in [0.15, 0.2) is 194 Å². The van der Waals surface area contributed by atoms with Gasteiger partial charge in [0, 0.05) is 34.1 Å². The topological polar surface area (TPSA) is 61.9 Å². The van der Waals surface area contributed by atoms with E-state index >= 15 is 26.3 Å². The Morgan fingerprint density at radius 1 is 0.227 bits per heavy atom. The van der Waals surface area contributed by atoms with Gasteiger partial charge in [-0.2, -0.15) is 26.3 Å². The molecule has 0 N–H and O–H groups in total. The molecule has 0 heterocycles. The van der Waals surface area contributed by atoms with Gasteiger partial charge in [-0.05, 0) is 207 Å². The lowest BCUT2D eigenvalue weighted by atomic mass is 9.73. The third kappa shape index (κ3) is 22.4. The van der Waals surface area contributed by atoms with Crippen LogP contribution in [0.4, 0.5) is 60.5 Å². The van der Waals surface area contributed by atoms with E-state index in [1.54, 1.807) is 24.3 Å². The summed E-state index contributed by atoms with van der Waals surface area (Å²) in [5, 5.41) is 0. The summed E-state index contributed by atoms with van der Waals surface area (Å²) < 4.78 is 130. The molecule has 0 atom stereocenters. The number of nitrogens with zero attached hydrogens (tertiary/aromatic N) is 2. The lowest BCUT2D eigenvalue weighted by molar-refractivity contribution is -0.288. The highest BCUT2D eigenvalue weighted by molar-refractivity contribution is 5.78. The highest BCUT2D eigenvalue weighted by Crippen LogP contribution is 2.57. The molecule has 8 aromatic carbocycles. The average Bonchev–Trinajstić information content (AvgIpc) is 0.722. The molecule has 0 bridgehead atoms. The van der Waals surface area contributed by atoms with E-state index in [1.807, 2.05) is 121 Å². The highest BCUT2D eigenvalue weighted by Gasteiger charge is 2.72. The zero-order chi connectivity index (χ0) is 68.6. The first kappa shape index (κ1) is 74.5. The summed E-state index contributed by atoms with van der Waals surface area (Å²) in [5.74, 6) is 3.79. The van der Waals surface area contributed by atoms with Crippen molar-refractivity contribution in [1.82, 2.24) is 0 Å². The van der Waals surface area contributed by atoms with Gasteiger partial charge in [0.2, 0.25) is 5.41 Å². The zero-order valence-electron chi connectivity index (χ0n) is 57.4. The Labute approximate surface area is 573 Å². The number of alkyl halides is 6. The SMILES string of the molecule is CCCCCCCCOc1ccc(N(c2ccc(OCCCCCCCC)cc2)c2ccc(Oc3ccc(C(c4ccc(Oc5ccc(N(c6ccc(OCCCCCCCC)cc6)c6ccc(OCCCCCCCC)cc6)cc5)cc4)(C(F)(F)F)C(F)(F)F)cc3)cc2)cc1. The number of hydrogen-bond donors (Lipinski definition) is 0. The molecule has 0 saturated heterocycles. The first-order valence-electron chi connectivity index (χ1n) is 35.7. The molecule has 0 unspecified atom stereocenters. The fourth-order valence-corrected chi connectivity index (χ4v) is 12.1. The maximum absolute atomic E-state index is 15.5. The minimum Gasteiger partial charge on any atom is -0.494 e. The predicted octanol–water partition coefficient (Wildman–Crippen LogP) is 26.6. The van der Waals surface area contributed by atoms with E-state index in [9.17, 15) is 0 Å². The lowest BCUT2D eigenvalue weighted by Gasteiger charge is -2.38. The van der Waals surface area contributed by atoms with Crippen molar-refractivity contribution in [3.8, 4) is 46.0 Å². The second-order valence-corrected chi connectivity index (χ2v) is 25.1. The molecular weight excluding hydrogens is 1230 g/mol. The summed E-state index contributed by atoms with van der Waals surface area (Å²) in [4.78, 5) is 4.13. The fraction of sp³-hybridized carbons (Fsp3) is 0.422. The van der Waals surface area contributed by atoms with Crippen molar-refractivity contribution in [2.45, 2.75) is 200 Å². The van der Waals surface area contributed by atoms with Crippen LogP contribution in [0.1, 0.15) is 193 Å². The summed E-state index contributed by atoms with van der Waals surface area (Å²) in [5.41, 5.74) is -1.49. The molecule has 8 aromatic rings. The van der Waals surface area contributed by atoms with Gasteiger partial charge < -0.3 is 38.2 Å².